The molecule has 0 spiro atoms. The molecule has 1 N–H and O–H groups in total. The van der Waals surface area contributed by atoms with Crippen molar-refractivity contribution in [3.8, 4) is 0 Å². The molecule has 0 heterocycles. The van der Waals surface area contributed by atoms with Crippen molar-refractivity contribution in [2.75, 3.05) is 0 Å². The number of aryl methyl sites for hydroxylation is 1. The first-order valence-electron chi connectivity index (χ1n) is 6.30. The van der Waals surface area contributed by atoms with Gasteiger partial charge in [-0.05, 0) is 53.3 Å². The first kappa shape index (κ1) is 12.6. The SMILES string of the molecule is CCC(C)c1ccc2cc(C(=O)O)cc(C)c2c1. The molecule has 0 saturated heterocycles. The van der Waals surface area contributed by atoms with Gasteiger partial charge in [-0.3, -0.25) is 0 Å². The average Bonchev–Trinajstić information content (AvgIpc) is 2.37. The van der Waals surface area contributed by atoms with Crippen LogP contribution in [0.15, 0.2) is 30.3 Å². The zero-order chi connectivity index (χ0) is 13.3. The smallest absolute Gasteiger partial charge is 0.335 e. The zero-order valence-electron chi connectivity index (χ0n) is 11.0. The summed E-state index contributed by atoms with van der Waals surface area (Å²) in [4.78, 5) is 11.0. The monoisotopic (exact) mass is 242 g/mol. The fourth-order valence-corrected chi connectivity index (χ4v) is 2.23. The van der Waals surface area contributed by atoms with Gasteiger partial charge in [0.15, 0.2) is 0 Å². The number of rotatable bonds is 3. The number of aromatic carboxylic acids is 1. The second-order valence-corrected chi connectivity index (χ2v) is 4.89. The standard InChI is InChI=1S/C16H18O2/c1-4-10(2)12-5-6-13-8-14(16(17)18)7-11(3)15(13)9-12/h5-10H,4H2,1-3H3,(H,17,18). The molecule has 0 bridgehead atoms. The molecule has 0 aliphatic carbocycles. The molecule has 0 aliphatic rings. The largest absolute Gasteiger partial charge is 0.478 e. The van der Waals surface area contributed by atoms with E-state index >= 15 is 0 Å². The summed E-state index contributed by atoms with van der Waals surface area (Å²) >= 11 is 0. The summed E-state index contributed by atoms with van der Waals surface area (Å²) in [5.74, 6) is -0.334. The van der Waals surface area contributed by atoms with Crippen molar-refractivity contribution in [2.45, 2.75) is 33.1 Å². The van der Waals surface area contributed by atoms with Crippen LogP contribution in [0, 0.1) is 6.92 Å². The van der Waals surface area contributed by atoms with Crippen molar-refractivity contribution in [1.82, 2.24) is 0 Å². The molecule has 2 nitrogen and oxygen atoms in total. The summed E-state index contributed by atoms with van der Waals surface area (Å²) in [5.41, 5.74) is 2.70. The van der Waals surface area contributed by atoms with Crippen LogP contribution in [0.4, 0.5) is 0 Å². The molecule has 1 atom stereocenters. The molecule has 1 unspecified atom stereocenters. The Bertz CT molecular complexity index is 599. The summed E-state index contributed by atoms with van der Waals surface area (Å²) in [5, 5.41) is 11.2. The topological polar surface area (TPSA) is 37.3 Å². The molecule has 0 radical (unpaired) electrons. The summed E-state index contributed by atoms with van der Waals surface area (Å²) in [6.45, 7) is 6.35. The number of hydrogen-bond acceptors (Lipinski definition) is 1. The van der Waals surface area contributed by atoms with Gasteiger partial charge < -0.3 is 5.11 Å². The van der Waals surface area contributed by atoms with E-state index in [4.69, 9.17) is 5.11 Å². The number of carbonyl (C=O) groups is 1. The van der Waals surface area contributed by atoms with Gasteiger partial charge in [0.1, 0.15) is 0 Å². The molecule has 0 aromatic heterocycles. The van der Waals surface area contributed by atoms with Crippen molar-refractivity contribution in [3.05, 3.63) is 47.0 Å². The first-order chi connectivity index (χ1) is 8.52. The zero-order valence-corrected chi connectivity index (χ0v) is 11.0. The lowest BCUT2D eigenvalue weighted by Gasteiger charge is -2.12. The number of benzene rings is 2. The average molecular weight is 242 g/mol. The lowest BCUT2D eigenvalue weighted by molar-refractivity contribution is 0.0697. The third-order valence-corrected chi connectivity index (χ3v) is 3.61. The molecule has 2 aromatic rings. The number of hydrogen-bond donors (Lipinski definition) is 1. The number of fused-ring (bicyclic) bond motifs is 1. The Balaban J connectivity index is 2.61. The van der Waals surface area contributed by atoms with Gasteiger partial charge in [0, 0.05) is 0 Å². The number of carboxylic acid groups (broad SMARTS) is 1. The first-order valence-corrected chi connectivity index (χ1v) is 6.30. The van der Waals surface area contributed by atoms with Crippen LogP contribution in [0.3, 0.4) is 0 Å². The Hall–Kier alpha value is -1.83. The summed E-state index contributed by atoms with van der Waals surface area (Å²) in [6, 6.07) is 9.79. The van der Waals surface area contributed by atoms with Crippen LogP contribution in [-0.2, 0) is 0 Å². The fourth-order valence-electron chi connectivity index (χ4n) is 2.23. The highest BCUT2D eigenvalue weighted by Gasteiger charge is 2.09. The maximum Gasteiger partial charge on any atom is 0.335 e. The molecule has 2 rings (SSSR count). The maximum atomic E-state index is 11.0. The van der Waals surface area contributed by atoms with Crippen LogP contribution >= 0.6 is 0 Å². The van der Waals surface area contributed by atoms with Gasteiger partial charge in [-0.2, -0.15) is 0 Å². The van der Waals surface area contributed by atoms with E-state index in [1.54, 1.807) is 12.1 Å². The van der Waals surface area contributed by atoms with Crippen molar-refractivity contribution < 1.29 is 9.90 Å². The van der Waals surface area contributed by atoms with Gasteiger partial charge in [-0.1, -0.05) is 32.0 Å². The molecule has 18 heavy (non-hydrogen) atoms. The van der Waals surface area contributed by atoms with Gasteiger partial charge in [0.05, 0.1) is 5.56 Å². The van der Waals surface area contributed by atoms with E-state index < -0.39 is 5.97 Å². The Kier molecular flexibility index (Phi) is 3.37. The van der Waals surface area contributed by atoms with Gasteiger partial charge >= 0.3 is 5.97 Å². The van der Waals surface area contributed by atoms with Crippen LogP contribution in [-0.4, -0.2) is 11.1 Å². The molecule has 94 valence electrons. The molecule has 2 heteroatoms. The van der Waals surface area contributed by atoms with Crippen molar-refractivity contribution in [3.63, 3.8) is 0 Å². The highest BCUT2D eigenvalue weighted by atomic mass is 16.4. The molecule has 2 aromatic carbocycles. The highest BCUT2D eigenvalue weighted by molar-refractivity contribution is 5.96. The fraction of sp³-hybridized carbons (Fsp3) is 0.312. The van der Waals surface area contributed by atoms with Crippen molar-refractivity contribution in [1.29, 1.82) is 0 Å². The van der Waals surface area contributed by atoms with Crippen LogP contribution < -0.4 is 0 Å². The van der Waals surface area contributed by atoms with E-state index in [1.807, 2.05) is 13.0 Å². The van der Waals surface area contributed by atoms with E-state index in [0.29, 0.717) is 11.5 Å². The Morgan fingerprint density at radius 2 is 2.00 bits per heavy atom. The summed E-state index contributed by atoms with van der Waals surface area (Å²) in [7, 11) is 0. The van der Waals surface area contributed by atoms with E-state index in [9.17, 15) is 4.79 Å². The molecule has 0 aliphatic heterocycles. The van der Waals surface area contributed by atoms with Crippen LogP contribution in [0.5, 0.6) is 0 Å². The predicted molar refractivity (Wildman–Crippen MR) is 74.4 cm³/mol. The van der Waals surface area contributed by atoms with Crippen LogP contribution in [0.25, 0.3) is 10.8 Å². The second kappa shape index (κ2) is 4.81. The lowest BCUT2D eigenvalue weighted by Crippen LogP contribution is -1.98. The van der Waals surface area contributed by atoms with Crippen LogP contribution in [0.2, 0.25) is 0 Å². The predicted octanol–water partition coefficient (Wildman–Crippen LogP) is 4.36. The normalized spacial score (nSPS) is 12.6. The summed E-state index contributed by atoms with van der Waals surface area (Å²) in [6.07, 6.45) is 1.11. The van der Waals surface area contributed by atoms with E-state index in [2.05, 4.69) is 26.0 Å². The van der Waals surface area contributed by atoms with E-state index in [1.165, 1.54) is 5.56 Å². The molecule has 0 amide bonds. The van der Waals surface area contributed by atoms with Gasteiger partial charge in [0.25, 0.3) is 0 Å². The van der Waals surface area contributed by atoms with Gasteiger partial charge in [0.2, 0.25) is 0 Å². The molecular formula is C16H18O2. The van der Waals surface area contributed by atoms with Gasteiger partial charge in [-0.25, -0.2) is 4.79 Å². The lowest BCUT2D eigenvalue weighted by atomic mass is 9.93. The molecule has 0 saturated carbocycles. The highest BCUT2D eigenvalue weighted by Crippen LogP contribution is 2.26. The maximum absolute atomic E-state index is 11.0. The Labute approximate surface area is 107 Å². The van der Waals surface area contributed by atoms with Crippen molar-refractivity contribution >= 4 is 16.7 Å². The van der Waals surface area contributed by atoms with E-state index in [-0.39, 0.29) is 0 Å². The molecular weight excluding hydrogens is 224 g/mol. The minimum atomic E-state index is -0.869. The van der Waals surface area contributed by atoms with Crippen LogP contribution in [0.1, 0.15) is 47.7 Å². The third kappa shape index (κ3) is 2.23. The quantitative estimate of drug-likeness (QED) is 0.868. The molecule has 0 fully saturated rings. The second-order valence-electron chi connectivity index (χ2n) is 4.89. The Morgan fingerprint density at radius 3 is 2.61 bits per heavy atom. The minimum Gasteiger partial charge on any atom is -0.478 e. The van der Waals surface area contributed by atoms with E-state index in [0.717, 1.165) is 22.8 Å². The summed E-state index contributed by atoms with van der Waals surface area (Å²) < 4.78 is 0. The van der Waals surface area contributed by atoms with Gasteiger partial charge in [-0.15, -0.1) is 0 Å². The Morgan fingerprint density at radius 1 is 1.28 bits per heavy atom. The number of carboxylic acids is 1. The third-order valence-electron chi connectivity index (χ3n) is 3.61. The minimum absolute atomic E-state index is 0.358. The van der Waals surface area contributed by atoms with Crippen molar-refractivity contribution in [2.24, 2.45) is 0 Å².